The number of rotatable bonds is 4. The predicted octanol–water partition coefficient (Wildman–Crippen LogP) is 4.65. The van der Waals surface area contributed by atoms with Gasteiger partial charge in [-0.25, -0.2) is 4.68 Å². The highest BCUT2D eigenvalue weighted by atomic mass is 79.9. The van der Waals surface area contributed by atoms with Gasteiger partial charge in [0.2, 0.25) is 0 Å². The Balaban J connectivity index is 2.37. The van der Waals surface area contributed by atoms with Crippen LogP contribution >= 0.6 is 15.9 Å². The maximum atomic E-state index is 4.61. The third-order valence-electron chi connectivity index (χ3n) is 3.30. The first-order valence-corrected chi connectivity index (χ1v) is 8.15. The molecule has 0 saturated heterocycles. The Morgan fingerprint density at radius 1 is 1.29 bits per heavy atom. The number of hydrogen-bond donors (Lipinski definition) is 1. The molecule has 1 aromatic carbocycles. The largest absolute Gasteiger partial charge is 0.308 e. The van der Waals surface area contributed by atoms with Gasteiger partial charge in [0, 0.05) is 22.1 Å². The summed E-state index contributed by atoms with van der Waals surface area (Å²) in [6.45, 7) is 11.8. The van der Waals surface area contributed by atoms with Crippen molar-refractivity contribution in [3.05, 3.63) is 46.2 Å². The van der Waals surface area contributed by atoms with E-state index in [4.69, 9.17) is 0 Å². The summed E-state index contributed by atoms with van der Waals surface area (Å²) < 4.78 is 3.12. The van der Waals surface area contributed by atoms with Crippen molar-refractivity contribution in [3.63, 3.8) is 0 Å². The molecule has 0 radical (unpaired) electrons. The van der Waals surface area contributed by atoms with Crippen LogP contribution in [-0.2, 0) is 6.54 Å². The number of benzene rings is 1. The summed E-state index contributed by atoms with van der Waals surface area (Å²) in [6, 6.07) is 8.26. The van der Waals surface area contributed by atoms with E-state index in [-0.39, 0.29) is 5.54 Å². The molecule has 0 aliphatic heterocycles. The van der Waals surface area contributed by atoms with Gasteiger partial charge in [-0.1, -0.05) is 35.8 Å². The van der Waals surface area contributed by atoms with Crippen LogP contribution in [0.1, 0.15) is 51.8 Å². The van der Waals surface area contributed by atoms with Gasteiger partial charge in [0.25, 0.3) is 0 Å². The van der Waals surface area contributed by atoms with Crippen molar-refractivity contribution in [1.82, 2.24) is 15.1 Å². The van der Waals surface area contributed by atoms with E-state index in [1.54, 1.807) is 0 Å². The third kappa shape index (κ3) is 4.17. The zero-order valence-corrected chi connectivity index (χ0v) is 15.0. The van der Waals surface area contributed by atoms with Gasteiger partial charge >= 0.3 is 0 Å². The van der Waals surface area contributed by atoms with Crippen molar-refractivity contribution >= 4 is 15.9 Å². The van der Waals surface area contributed by atoms with E-state index in [1.165, 1.54) is 11.3 Å². The van der Waals surface area contributed by atoms with E-state index in [9.17, 15) is 0 Å². The first-order chi connectivity index (χ1) is 9.78. The fourth-order valence-electron chi connectivity index (χ4n) is 2.32. The van der Waals surface area contributed by atoms with Crippen LogP contribution in [0.2, 0.25) is 0 Å². The molecule has 3 nitrogen and oxygen atoms in total. The van der Waals surface area contributed by atoms with Gasteiger partial charge in [0.05, 0.1) is 17.6 Å². The average Bonchev–Trinajstić information content (AvgIpc) is 2.79. The molecule has 2 rings (SSSR count). The summed E-state index contributed by atoms with van der Waals surface area (Å²) >= 11 is 3.53. The molecule has 21 heavy (non-hydrogen) atoms. The van der Waals surface area contributed by atoms with E-state index in [0.29, 0.717) is 5.92 Å². The Morgan fingerprint density at radius 3 is 2.57 bits per heavy atom. The quantitative estimate of drug-likeness (QED) is 0.870. The van der Waals surface area contributed by atoms with E-state index >= 15 is 0 Å². The van der Waals surface area contributed by atoms with Crippen molar-refractivity contribution in [2.75, 3.05) is 0 Å². The lowest BCUT2D eigenvalue weighted by atomic mass is 10.0. The molecular weight excluding hydrogens is 326 g/mol. The van der Waals surface area contributed by atoms with Crippen molar-refractivity contribution in [1.29, 1.82) is 0 Å². The predicted molar refractivity (Wildman–Crippen MR) is 91.9 cm³/mol. The minimum Gasteiger partial charge on any atom is -0.308 e. The van der Waals surface area contributed by atoms with E-state index in [1.807, 2.05) is 18.3 Å². The Kier molecular flexibility index (Phi) is 4.89. The lowest BCUT2D eigenvalue weighted by molar-refractivity contribution is 0.423. The van der Waals surface area contributed by atoms with Crippen LogP contribution in [0.3, 0.4) is 0 Å². The third-order valence-corrected chi connectivity index (χ3v) is 3.79. The number of nitrogens with one attached hydrogen (secondary N) is 1. The van der Waals surface area contributed by atoms with Crippen molar-refractivity contribution in [2.24, 2.45) is 0 Å². The molecule has 0 aliphatic rings. The van der Waals surface area contributed by atoms with Crippen molar-refractivity contribution in [2.45, 2.75) is 52.6 Å². The van der Waals surface area contributed by atoms with Gasteiger partial charge in [0.15, 0.2) is 0 Å². The molecule has 0 atom stereocenters. The Bertz CT molecular complexity index is 609. The van der Waals surface area contributed by atoms with Gasteiger partial charge in [-0.05, 0) is 44.9 Å². The Hall–Kier alpha value is -1.13. The van der Waals surface area contributed by atoms with Crippen LogP contribution in [0.15, 0.2) is 34.9 Å². The summed E-state index contributed by atoms with van der Waals surface area (Å²) in [4.78, 5) is 0. The lowest BCUT2D eigenvalue weighted by Gasteiger charge is -2.21. The van der Waals surface area contributed by atoms with Crippen LogP contribution in [0.25, 0.3) is 5.69 Å². The van der Waals surface area contributed by atoms with Gasteiger partial charge in [-0.3, -0.25) is 0 Å². The zero-order valence-electron chi connectivity index (χ0n) is 13.4. The topological polar surface area (TPSA) is 29.9 Å². The Labute approximate surface area is 135 Å². The molecule has 0 unspecified atom stereocenters. The van der Waals surface area contributed by atoms with Crippen LogP contribution in [0.4, 0.5) is 0 Å². The standard InChI is InChI=1S/C17H24BrN3/c1-12(2)16-13(10-19-17(3,4)5)11-20-21(16)15-8-6-7-14(18)9-15/h6-9,11-12,19H,10H2,1-5H3. The molecule has 0 amide bonds. The molecule has 0 bridgehead atoms. The fraction of sp³-hybridized carbons (Fsp3) is 0.471. The molecule has 2 aromatic rings. The normalized spacial score (nSPS) is 12.1. The summed E-state index contributed by atoms with van der Waals surface area (Å²) in [5.74, 6) is 0.420. The number of hydrogen-bond acceptors (Lipinski definition) is 2. The van der Waals surface area contributed by atoms with Crippen molar-refractivity contribution < 1.29 is 0 Å². The van der Waals surface area contributed by atoms with Gasteiger partial charge in [0.1, 0.15) is 0 Å². The number of aromatic nitrogens is 2. The molecule has 0 spiro atoms. The monoisotopic (exact) mass is 349 g/mol. The molecule has 1 N–H and O–H groups in total. The Morgan fingerprint density at radius 2 is 2.00 bits per heavy atom. The van der Waals surface area contributed by atoms with E-state index in [0.717, 1.165) is 16.7 Å². The minimum absolute atomic E-state index is 0.103. The highest BCUT2D eigenvalue weighted by Crippen LogP contribution is 2.24. The van der Waals surface area contributed by atoms with Crippen LogP contribution in [-0.4, -0.2) is 15.3 Å². The fourth-order valence-corrected chi connectivity index (χ4v) is 2.70. The van der Waals surface area contributed by atoms with Gasteiger partial charge in [-0.2, -0.15) is 5.10 Å². The summed E-state index contributed by atoms with van der Waals surface area (Å²) in [5, 5.41) is 8.15. The highest BCUT2D eigenvalue weighted by Gasteiger charge is 2.17. The second-order valence-corrected chi connectivity index (χ2v) is 7.62. The molecule has 1 heterocycles. The van der Waals surface area contributed by atoms with Gasteiger partial charge < -0.3 is 5.32 Å². The van der Waals surface area contributed by atoms with Crippen LogP contribution < -0.4 is 5.32 Å². The first kappa shape index (κ1) is 16.2. The molecule has 114 valence electrons. The number of halogens is 1. The smallest absolute Gasteiger partial charge is 0.0660 e. The molecule has 0 saturated carbocycles. The SMILES string of the molecule is CC(C)c1c(CNC(C)(C)C)cnn1-c1cccc(Br)c1. The summed E-state index contributed by atoms with van der Waals surface area (Å²) in [7, 11) is 0. The molecular formula is C17H24BrN3. The van der Waals surface area contributed by atoms with Crippen molar-refractivity contribution in [3.8, 4) is 5.69 Å². The van der Waals surface area contributed by atoms with E-state index < -0.39 is 0 Å². The molecule has 0 fully saturated rings. The van der Waals surface area contributed by atoms with Crippen LogP contribution in [0.5, 0.6) is 0 Å². The van der Waals surface area contributed by atoms with Gasteiger partial charge in [-0.15, -0.1) is 0 Å². The second kappa shape index (κ2) is 6.32. The number of nitrogens with zero attached hydrogens (tertiary/aromatic N) is 2. The molecule has 1 aromatic heterocycles. The summed E-state index contributed by atoms with van der Waals surface area (Å²) in [5.41, 5.74) is 3.73. The zero-order chi connectivity index (χ0) is 15.6. The molecule has 4 heteroatoms. The second-order valence-electron chi connectivity index (χ2n) is 6.70. The average molecular weight is 350 g/mol. The molecule has 0 aliphatic carbocycles. The maximum Gasteiger partial charge on any atom is 0.0660 e. The van der Waals surface area contributed by atoms with E-state index in [2.05, 4.69) is 77.8 Å². The lowest BCUT2D eigenvalue weighted by Crippen LogP contribution is -2.35. The van der Waals surface area contributed by atoms with Crippen LogP contribution in [0, 0.1) is 0 Å². The first-order valence-electron chi connectivity index (χ1n) is 7.35. The summed E-state index contributed by atoms with van der Waals surface area (Å²) in [6.07, 6.45) is 1.98. The maximum absolute atomic E-state index is 4.61. The highest BCUT2D eigenvalue weighted by molar-refractivity contribution is 9.10. The minimum atomic E-state index is 0.103.